The highest BCUT2D eigenvalue weighted by atomic mass is 16.5. The molecule has 2 amide bonds. The Labute approximate surface area is 102 Å². The van der Waals surface area contributed by atoms with Gasteiger partial charge in [-0.1, -0.05) is 11.6 Å². The molecular weight excluding hydrogens is 220 g/mol. The standard InChI is InChI=1S/C12H20N2O3/c1-2-17-11(15)9-14-12(16)13-8-7-10-5-3-4-6-10/h5H,2-4,6-9H2,1H3,(H2,13,14,16). The van der Waals surface area contributed by atoms with Gasteiger partial charge in [-0.3, -0.25) is 4.79 Å². The Morgan fingerprint density at radius 1 is 1.41 bits per heavy atom. The molecule has 5 heteroatoms. The largest absolute Gasteiger partial charge is 0.465 e. The van der Waals surface area contributed by atoms with Crippen LogP contribution >= 0.6 is 0 Å². The van der Waals surface area contributed by atoms with Crippen LogP contribution in [0.25, 0.3) is 0 Å². The van der Waals surface area contributed by atoms with Crippen molar-refractivity contribution in [2.24, 2.45) is 0 Å². The molecule has 5 nitrogen and oxygen atoms in total. The number of allylic oxidation sites excluding steroid dienone is 1. The summed E-state index contributed by atoms with van der Waals surface area (Å²) in [4.78, 5) is 22.2. The zero-order chi connectivity index (χ0) is 12.5. The average molecular weight is 240 g/mol. The lowest BCUT2D eigenvalue weighted by atomic mass is 10.2. The smallest absolute Gasteiger partial charge is 0.325 e. The van der Waals surface area contributed by atoms with E-state index in [2.05, 4.69) is 21.4 Å². The number of nitrogens with one attached hydrogen (secondary N) is 2. The molecule has 0 radical (unpaired) electrons. The number of hydrogen-bond acceptors (Lipinski definition) is 3. The van der Waals surface area contributed by atoms with Crippen molar-refractivity contribution in [3.8, 4) is 0 Å². The summed E-state index contributed by atoms with van der Waals surface area (Å²) in [7, 11) is 0. The van der Waals surface area contributed by atoms with E-state index in [0.717, 1.165) is 19.3 Å². The van der Waals surface area contributed by atoms with Gasteiger partial charge < -0.3 is 15.4 Å². The Balaban J connectivity index is 2.02. The fourth-order valence-electron chi connectivity index (χ4n) is 1.73. The van der Waals surface area contributed by atoms with Gasteiger partial charge in [0.1, 0.15) is 6.54 Å². The predicted molar refractivity (Wildman–Crippen MR) is 64.6 cm³/mol. The lowest BCUT2D eigenvalue weighted by molar-refractivity contribution is -0.141. The van der Waals surface area contributed by atoms with Crippen molar-refractivity contribution in [3.63, 3.8) is 0 Å². The second kappa shape index (κ2) is 7.70. The van der Waals surface area contributed by atoms with Crippen LogP contribution in [0.4, 0.5) is 4.79 Å². The van der Waals surface area contributed by atoms with Crippen molar-refractivity contribution in [2.75, 3.05) is 19.7 Å². The third-order valence-corrected chi connectivity index (χ3v) is 2.57. The molecule has 1 rings (SSSR count). The fraction of sp³-hybridized carbons (Fsp3) is 0.667. The van der Waals surface area contributed by atoms with E-state index in [1.807, 2.05) is 0 Å². The molecule has 0 atom stereocenters. The van der Waals surface area contributed by atoms with Gasteiger partial charge in [0.05, 0.1) is 6.61 Å². The summed E-state index contributed by atoms with van der Waals surface area (Å²) in [6.07, 6.45) is 6.66. The first kappa shape index (κ1) is 13.5. The maximum Gasteiger partial charge on any atom is 0.325 e. The SMILES string of the molecule is CCOC(=O)CNC(=O)NCCC1=CCCC1. The van der Waals surface area contributed by atoms with Gasteiger partial charge in [0, 0.05) is 6.54 Å². The van der Waals surface area contributed by atoms with E-state index in [0.29, 0.717) is 13.2 Å². The summed E-state index contributed by atoms with van der Waals surface area (Å²) < 4.78 is 4.69. The minimum absolute atomic E-state index is 0.0810. The van der Waals surface area contributed by atoms with Gasteiger partial charge in [0.25, 0.3) is 0 Å². The Kier molecular flexibility index (Phi) is 6.14. The van der Waals surface area contributed by atoms with Gasteiger partial charge in [0.15, 0.2) is 0 Å². The highest BCUT2D eigenvalue weighted by molar-refractivity contribution is 5.80. The average Bonchev–Trinajstić information content (AvgIpc) is 2.80. The first-order valence-corrected chi connectivity index (χ1v) is 6.07. The van der Waals surface area contributed by atoms with E-state index < -0.39 is 5.97 Å². The van der Waals surface area contributed by atoms with Crippen LogP contribution in [0.3, 0.4) is 0 Å². The molecule has 0 unspecified atom stereocenters. The summed E-state index contributed by atoms with van der Waals surface area (Å²) in [6.45, 7) is 2.59. The fourth-order valence-corrected chi connectivity index (χ4v) is 1.73. The molecule has 0 aromatic rings. The third-order valence-electron chi connectivity index (χ3n) is 2.57. The first-order chi connectivity index (χ1) is 8.22. The topological polar surface area (TPSA) is 67.4 Å². The minimum atomic E-state index is -0.416. The molecule has 96 valence electrons. The number of esters is 1. The number of amides is 2. The van der Waals surface area contributed by atoms with Crippen LogP contribution in [0.2, 0.25) is 0 Å². The van der Waals surface area contributed by atoms with E-state index >= 15 is 0 Å². The number of urea groups is 1. The Hall–Kier alpha value is -1.52. The third kappa shape index (κ3) is 5.94. The Morgan fingerprint density at radius 2 is 2.24 bits per heavy atom. The van der Waals surface area contributed by atoms with Crippen molar-refractivity contribution < 1.29 is 14.3 Å². The molecule has 0 aromatic carbocycles. The zero-order valence-corrected chi connectivity index (χ0v) is 10.3. The summed E-state index contributed by atoms with van der Waals surface area (Å²) in [5.74, 6) is -0.416. The maximum atomic E-state index is 11.3. The highest BCUT2D eigenvalue weighted by Gasteiger charge is 2.07. The molecule has 0 aromatic heterocycles. The summed E-state index contributed by atoms with van der Waals surface area (Å²) >= 11 is 0. The van der Waals surface area contributed by atoms with Crippen molar-refractivity contribution in [1.29, 1.82) is 0 Å². The molecule has 1 aliphatic carbocycles. The summed E-state index contributed by atoms with van der Waals surface area (Å²) in [6, 6.07) is -0.323. The maximum absolute atomic E-state index is 11.3. The highest BCUT2D eigenvalue weighted by Crippen LogP contribution is 2.19. The monoisotopic (exact) mass is 240 g/mol. The van der Waals surface area contributed by atoms with Crippen LogP contribution in [-0.4, -0.2) is 31.7 Å². The van der Waals surface area contributed by atoms with Crippen LogP contribution in [-0.2, 0) is 9.53 Å². The molecule has 0 saturated carbocycles. The number of rotatable bonds is 6. The predicted octanol–water partition coefficient (Wildman–Crippen LogP) is 1.35. The van der Waals surface area contributed by atoms with Gasteiger partial charge in [-0.2, -0.15) is 0 Å². The van der Waals surface area contributed by atoms with Gasteiger partial charge in [0.2, 0.25) is 0 Å². The van der Waals surface area contributed by atoms with E-state index in [9.17, 15) is 9.59 Å². The van der Waals surface area contributed by atoms with Gasteiger partial charge in [-0.05, 0) is 32.6 Å². The Bertz CT molecular complexity index is 300. The molecular formula is C12H20N2O3. The van der Waals surface area contributed by atoms with E-state index in [1.165, 1.54) is 12.0 Å². The summed E-state index contributed by atoms with van der Waals surface area (Å²) in [5, 5.41) is 5.16. The quantitative estimate of drug-likeness (QED) is 0.544. The second-order valence-electron chi connectivity index (χ2n) is 3.92. The number of carbonyl (C=O) groups excluding carboxylic acids is 2. The molecule has 0 saturated heterocycles. The van der Waals surface area contributed by atoms with Crippen LogP contribution in [0.5, 0.6) is 0 Å². The van der Waals surface area contributed by atoms with Crippen molar-refractivity contribution in [1.82, 2.24) is 10.6 Å². The molecule has 17 heavy (non-hydrogen) atoms. The molecule has 0 spiro atoms. The molecule has 0 heterocycles. The molecule has 0 aliphatic heterocycles. The molecule has 0 bridgehead atoms. The van der Waals surface area contributed by atoms with Gasteiger partial charge in [-0.25, -0.2) is 4.79 Å². The van der Waals surface area contributed by atoms with Crippen molar-refractivity contribution in [2.45, 2.75) is 32.6 Å². The van der Waals surface area contributed by atoms with Crippen LogP contribution in [0.1, 0.15) is 32.6 Å². The number of carbonyl (C=O) groups is 2. The van der Waals surface area contributed by atoms with E-state index in [-0.39, 0.29) is 12.6 Å². The molecule has 0 fully saturated rings. The van der Waals surface area contributed by atoms with Crippen LogP contribution in [0.15, 0.2) is 11.6 Å². The van der Waals surface area contributed by atoms with Crippen molar-refractivity contribution >= 4 is 12.0 Å². The van der Waals surface area contributed by atoms with Gasteiger partial charge >= 0.3 is 12.0 Å². The van der Waals surface area contributed by atoms with E-state index in [4.69, 9.17) is 0 Å². The lowest BCUT2D eigenvalue weighted by Crippen LogP contribution is -2.39. The molecule has 1 aliphatic rings. The van der Waals surface area contributed by atoms with Gasteiger partial charge in [-0.15, -0.1) is 0 Å². The Morgan fingerprint density at radius 3 is 2.88 bits per heavy atom. The zero-order valence-electron chi connectivity index (χ0n) is 10.3. The summed E-state index contributed by atoms with van der Waals surface area (Å²) in [5.41, 5.74) is 1.41. The molecule has 2 N–H and O–H groups in total. The normalized spacial score (nSPS) is 14.1. The first-order valence-electron chi connectivity index (χ1n) is 6.07. The van der Waals surface area contributed by atoms with Crippen LogP contribution in [0, 0.1) is 0 Å². The van der Waals surface area contributed by atoms with Crippen molar-refractivity contribution in [3.05, 3.63) is 11.6 Å². The number of hydrogen-bond donors (Lipinski definition) is 2. The lowest BCUT2D eigenvalue weighted by Gasteiger charge is -2.07. The second-order valence-corrected chi connectivity index (χ2v) is 3.92. The van der Waals surface area contributed by atoms with Crippen LogP contribution < -0.4 is 10.6 Å². The number of ether oxygens (including phenoxy) is 1. The minimum Gasteiger partial charge on any atom is -0.465 e. The van der Waals surface area contributed by atoms with E-state index in [1.54, 1.807) is 6.92 Å².